The third-order valence-corrected chi connectivity index (χ3v) is 3.79. The van der Waals surface area contributed by atoms with Gasteiger partial charge in [-0.3, -0.25) is 4.90 Å². The zero-order valence-corrected chi connectivity index (χ0v) is 10.7. The van der Waals surface area contributed by atoms with Gasteiger partial charge in [-0.15, -0.1) is 0 Å². The first-order chi connectivity index (χ1) is 7.58. The Bertz CT molecular complexity index is 373. The van der Waals surface area contributed by atoms with Gasteiger partial charge in [0.1, 0.15) is 0 Å². The van der Waals surface area contributed by atoms with Crippen molar-refractivity contribution in [1.82, 2.24) is 10.2 Å². The average molecular weight is 218 g/mol. The van der Waals surface area contributed by atoms with E-state index in [0.717, 1.165) is 13.2 Å². The van der Waals surface area contributed by atoms with Crippen LogP contribution in [0.5, 0.6) is 0 Å². The van der Waals surface area contributed by atoms with E-state index in [1.165, 1.54) is 16.7 Å². The molecule has 88 valence electrons. The van der Waals surface area contributed by atoms with E-state index in [4.69, 9.17) is 0 Å². The minimum Gasteiger partial charge on any atom is -0.300 e. The normalized spacial score (nSPS) is 26.2. The Labute approximate surface area is 98.7 Å². The summed E-state index contributed by atoms with van der Waals surface area (Å²) >= 11 is 0. The topological polar surface area (TPSA) is 15.3 Å². The number of hydrogen-bond acceptors (Lipinski definition) is 2. The maximum atomic E-state index is 3.50. The van der Waals surface area contributed by atoms with Crippen LogP contribution in [0.1, 0.15) is 30.5 Å². The van der Waals surface area contributed by atoms with E-state index in [-0.39, 0.29) is 0 Å². The minimum atomic E-state index is 0.602. The van der Waals surface area contributed by atoms with Crippen LogP contribution in [0.25, 0.3) is 0 Å². The molecule has 0 saturated carbocycles. The van der Waals surface area contributed by atoms with Crippen molar-refractivity contribution in [2.45, 2.75) is 46.3 Å². The summed E-state index contributed by atoms with van der Waals surface area (Å²) in [6, 6.07) is 7.95. The van der Waals surface area contributed by atoms with Gasteiger partial charge in [-0.25, -0.2) is 0 Å². The van der Waals surface area contributed by atoms with Gasteiger partial charge in [0.25, 0.3) is 0 Å². The molecule has 1 heterocycles. The lowest BCUT2D eigenvalue weighted by Gasteiger charge is -2.22. The van der Waals surface area contributed by atoms with Crippen LogP contribution in [-0.2, 0) is 6.54 Å². The van der Waals surface area contributed by atoms with Gasteiger partial charge in [-0.1, -0.05) is 23.8 Å². The predicted octanol–water partition coefficient (Wildman–Crippen LogP) is 2.44. The summed E-state index contributed by atoms with van der Waals surface area (Å²) in [7, 11) is 0. The number of rotatable bonds is 2. The van der Waals surface area contributed by atoms with Crippen molar-refractivity contribution >= 4 is 0 Å². The fourth-order valence-electron chi connectivity index (χ4n) is 2.28. The molecule has 16 heavy (non-hydrogen) atoms. The molecule has 1 aliphatic rings. The van der Waals surface area contributed by atoms with Crippen molar-refractivity contribution in [2.75, 3.05) is 6.67 Å². The van der Waals surface area contributed by atoms with Gasteiger partial charge in [-0.05, 0) is 38.8 Å². The first-order valence-corrected chi connectivity index (χ1v) is 6.11. The molecule has 0 radical (unpaired) electrons. The Morgan fingerprint density at radius 1 is 1.31 bits per heavy atom. The van der Waals surface area contributed by atoms with Gasteiger partial charge in [-0.2, -0.15) is 0 Å². The fourth-order valence-corrected chi connectivity index (χ4v) is 2.28. The average Bonchev–Trinajstić information content (AvgIpc) is 2.55. The molecule has 0 spiro atoms. The summed E-state index contributed by atoms with van der Waals surface area (Å²) in [6.07, 6.45) is 0. The Morgan fingerprint density at radius 3 is 2.69 bits per heavy atom. The van der Waals surface area contributed by atoms with E-state index < -0.39 is 0 Å². The molecule has 2 rings (SSSR count). The molecule has 1 fully saturated rings. The quantitative estimate of drug-likeness (QED) is 0.820. The van der Waals surface area contributed by atoms with Crippen molar-refractivity contribution in [3.63, 3.8) is 0 Å². The molecule has 1 aromatic rings. The zero-order chi connectivity index (χ0) is 11.7. The largest absolute Gasteiger partial charge is 0.300 e. The molecule has 0 unspecified atom stereocenters. The summed E-state index contributed by atoms with van der Waals surface area (Å²) in [5.74, 6) is 0. The third-order valence-electron chi connectivity index (χ3n) is 3.79. The maximum Gasteiger partial charge on any atom is 0.0489 e. The van der Waals surface area contributed by atoms with Crippen LogP contribution >= 0.6 is 0 Å². The molecule has 0 aliphatic carbocycles. The van der Waals surface area contributed by atoms with Crippen molar-refractivity contribution in [3.05, 3.63) is 34.9 Å². The molecule has 0 amide bonds. The number of hydrogen-bond donors (Lipinski definition) is 1. The lowest BCUT2D eigenvalue weighted by Crippen LogP contribution is -2.31. The second kappa shape index (κ2) is 4.56. The van der Waals surface area contributed by atoms with Crippen molar-refractivity contribution in [3.8, 4) is 0 Å². The number of benzene rings is 1. The summed E-state index contributed by atoms with van der Waals surface area (Å²) in [5.41, 5.74) is 4.22. The second-order valence-corrected chi connectivity index (χ2v) is 5.07. The highest BCUT2D eigenvalue weighted by Crippen LogP contribution is 2.18. The first kappa shape index (κ1) is 11.6. The van der Waals surface area contributed by atoms with Gasteiger partial charge in [0.05, 0.1) is 0 Å². The molecule has 2 heteroatoms. The van der Waals surface area contributed by atoms with Crippen molar-refractivity contribution in [1.29, 1.82) is 0 Å². The van der Waals surface area contributed by atoms with Crippen LogP contribution in [0.15, 0.2) is 18.2 Å². The summed E-state index contributed by atoms with van der Waals surface area (Å²) < 4.78 is 0. The van der Waals surface area contributed by atoms with Crippen LogP contribution in [0.3, 0.4) is 0 Å². The standard InChI is InChI=1S/C14H22N2/c1-10-5-6-11(2)14(7-10)8-16-9-15-12(3)13(16)4/h5-7,12-13,15H,8-9H2,1-4H3/t12-,13+/m1/s1. The van der Waals surface area contributed by atoms with Gasteiger partial charge in [0.15, 0.2) is 0 Å². The molecule has 2 atom stereocenters. The first-order valence-electron chi connectivity index (χ1n) is 6.11. The smallest absolute Gasteiger partial charge is 0.0489 e. The van der Waals surface area contributed by atoms with E-state index >= 15 is 0 Å². The SMILES string of the molecule is Cc1ccc(C)c(CN2CN[C@H](C)[C@@H]2C)c1. The minimum absolute atomic E-state index is 0.602. The summed E-state index contributed by atoms with van der Waals surface area (Å²) in [4.78, 5) is 2.51. The highest BCUT2D eigenvalue weighted by Gasteiger charge is 2.26. The summed E-state index contributed by atoms with van der Waals surface area (Å²) in [5, 5.41) is 3.50. The maximum absolute atomic E-state index is 3.50. The highest BCUT2D eigenvalue weighted by atomic mass is 15.3. The third kappa shape index (κ3) is 2.28. The van der Waals surface area contributed by atoms with Crippen LogP contribution in [0.2, 0.25) is 0 Å². The fraction of sp³-hybridized carbons (Fsp3) is 0.571. The van der Waals surface area contributed by atoms with Crippen molar-refractivity contribution in [2.24, 2.45) is 0 Å². The monoisotopic (exact) mass is 218 g/mol. The van der Waals surface area contributed by atoms with Crippen LogP contribution in [-0.4, -0.2) is 23.7 Å². The zero-order valence-electron chi connectivity index (χ0n) is 10.7. The van der Waals surface area contributed by atoms with E-state index in [0.29, 0.717) is 12.1 Å². The molecule has 1 aromatic carbocycles. The Kier molecular flexibility index (Phi) is 3.31. The van der Waals surface area contributed by atoms with E-state index in [9.17, 15) is 0 Å². The van der Waals surface area contributed by atoms with Gasteiger partial charge in [0.2, 0.25) is 0 Å². The van der Waals surface area contributed by atoms with Gasteiger partial charge >= 0.3 is 0 Å². The predicted molar refractivity (Wildman–Crippen MR) is 68.4 cm³/mol. The van der Waals surface area contributed by atoms with E-state index in [2.05, 4.69) is 56.1 Å². The lowest BCUT2D eigenvalue weighted by atomic mass is 10.0. The van der Waals surface area contributed by atoms with E-state index in [1.54, 1.807) is 0 Å². The molecule has 2 nitrogen and oxygen atoms in total. The molecular weight excluding hydrogens is 196 g/mol. The van der Waals surface area contributed by atoms with Crippen LogP contribution in [0, 0.1) is 13.8 Å². The highest BCUT2D eigenvalue weighted by molar-refractivity contribution is 5.30. The van der Waals surface area contributed by atoms with Gasteiger partial charge < -0.3 is 5.32 Å². The van der Waals surface area contributed by atoms with Gasteiger partial charge in [0, 0.05) is 25.3 Å². The lowest BCUT2D eigenvalue weighted by molar-refractivity contribution is 0.252. The molecule has 1 saturated heterocycles. The number of nitrogens with zero attached hydrogens (tertiary/aromatic N) is 1. The van der Waals surface area contributed by atoms with Crippen LogP contribution in [0.4, 0.5) is 0 Å². The Balaban J connectivity index is 2.12. The molecule has 1 aliphatic heterocycles. The Hall–Kier alpha value is -0.860. The number of nitrogens with one attached hydrogen (secondary N) is 1. The molecular formula is C14H22N2. The van der Waals surface area contributed by atoms with E-state index in [1.807, 2.05) is 0 Å². The van der Waals surface area contributed by atoms with Crippen LogP contribution < -0.4 is 5.32 Å². The number of aryl methyl sites for hydroxylation is 2. The second-order valence-electron chi connectivity index (χ2n) is 5.07. The summed E-state index contributed by atoms with van der Waals surface area (Å²) in [6.45, 7) is 11.0. The molecule has 0 aromatic heterocycles. The Morgan fingerprint density at radius 2 is 2.06 bits per heavy atom. The van der Waals surface area contributed by atoms with Crippen molar-refractivity contribution < 1.29 is 0 Å². The molecule has 0 bridgehead atoms. The molecule has 1 N–H and O–H groups in total.